The molecule has 2 aromatic rings. The number of carbonyl (C=O) groups excluding carboxylic acids is 1. The number of amides is 1. The van der Waals surface area contributed by atoms with Crippen molar-refractivity contribution >= 4 is 39.2 Å². The average molecular weight is 382 g/mol. The second kappa shape index (κ2) is 8.85. The second-order valence-electron chi connectivity index (χ2n) is 6.46. The second-order valence-corrected chi connectivity index (χ2v) is 8.99. The predicted molar refractivity (Wildman–Crippen MR) is 107 cm³/mol. The molecular formula is C18H27N3O2S2. The molecular weight excluding hydrogens is 354 g/mol. The topological polar surface area (TPSA) is 74.8 Å². The molecule has 2 heterocycles. The summed E-state index contributed by atoms with van der Waals surface area (Å²) in [5, 5.41) is 3.80. The number of H-pyrrole nitrogens is 1. The van der Waals surface area contributed by atoms with Crippen LogP contribution >= 0.6 is 23.1 Å². The lowest BCUT2D eigenvalue weighted by molar-refractivity contribution is -0.120. The van der Waals surface area contributed by atoms with E-state index in [4.69, 9.17) is 0 Å². The number of hydrogen-bond acceptors (Lipinski definition) is 5. The van der Waals surface area contributed by atoms with Crippen LogP contribution in [0.25, 0.3) is 10.2 Å². The highest BCUT2D eigenvalue weighted by Gasteiger charge is 2.19. The molecule has 2 aromatic heterocycles. The highest BCUT2D eigenvalue weighted by atomic mass is 32.2. The Labute approximate surface area is 157 Å². The largest absolute Gasteiger partial charge is 0.355 e. The lowest BCUT2D eigenvalue weighted by Gasteiger charge is -2.11. The van der Waals surface area contributed by atoms with Crippen LogP contribution in [0.3, 0.4) is 0 Å². The Balaban J connectivity index is 2.28. The highest BCUT2D eigenvalue weighted by Crippen LogP contribution is 2.31. The van der Waals surface area contributed by atoms with Crippen molar-refractivity contribution in [1.29, 1.82) is 0 Å². The van der Waals surface area contributed by atoms with Gasteiger partial charge in [0, 0.05) is 11.4 Å². The summed E-state index contributed by atoms with van der Waals surface area (Å²) < 4.78 is 0. The summed E-state index contributed by atoms with van der Waals surface area (Å²) in [6.07, 6.45) is 2.88. The van der Waals surface area contributed by atoms with Gasteiger partial charge in [0.15, 0.2) is 5.16 Å². The van der Waals surface area contributed by atoms with Gasteiger partial charge >= 0.3 is 0 Å². The van der Waals surface area contributed by atoms with Crippen molar-refractivity contribution in [2.45, 2.75) is 64.3 Å². The van der Waals surface area contributed by atoms with E-state index in [0.29, 0.717) is 17.6 Å². The SMILES string of the molecule is CCCNC(=O)[C@H](C)Sc1nc2sc(C)c(C[C@H](C)CC)c2c(=O)[nH]1. The molecule has 2 rings (SSSR count). The van der Waals surface area contributed by atoms with Crippen LogP contribution in [0.2, 0.25) is 0 Å². The molecule has 25 heavy (non-hydrogen) atoms. The molecule has 0 aliphatic rings. The molecule has 1 amide bonds. The first kappa shape index (κ1) is 20.0. The van der Waals surface area contributed by atoms with Gasteiger partial charge in [-0.25, -0.2) is 4.98 Å². The first-order valence-electron chi connectivity index (χ1n) is 8.83. The number of aromatic amines is 1. The first-order chi connectivity index (χ1) is 11.9. The van der Waals surface area contributed by atoms with Gasteiger partial charge in [-0.3, -0.25) is 9.59 Å². The van der Waals surface area contributed by atoms with E-state index in [0.717, 1.165) is 39.9 Å². The zero-order chi connectivity index (χ0) is 18.6. The number of carbonyl (C=O) groups is 1. The van der Waals surface area contributed by atoms with Gasteiger partial charge in [0.2, 0.25) is 5.91 Å². The number of nitrogens with zero attached hydrogens (tertiary/aromatic N) is 1. The highest BCUT2D eigenvalue weighted by molar-refractivity contribution is 8.00. The van der Waals surface area contributed by atoms with Crippen molar-refractivity contribution in [3.8, 4) is 0 Å². The van der Waals surface area contributed by atoms with Crippen LogP contribution in [0.1, 0.15) is 51.0 Å². The van der Waals surface area contributed by atoms with Crippen molar-refractivity contribution in [3.63, 3.8) is 0 Å². The first-order valence-corrected chi connectivity index (χ1v) is 10.5. The van der Waals surface area contributed by atoms with Gasteiger partial charge in [-0.2, -0.15) is 0 Å². The quantitative estimate of drug-likeness (QED) is 0.537. The molecule has 138 valence electrons. The number of aryl methyl sites for hydroxylation is 1. The zero-order valence-electron chi connectivity index (χ0n) is 15.6. The van der Waals surface area contributed by atoms with E-state index >= 15 is 0 Å². The van der Waals surface area contributed by atoms with Crippen LogP contribution in [0.5, 0.6) is 0 Å². The fourth-order valence-corrected chi connectivity index (χ4v) is 4.49. The monoisotopic (exact) mass is 381 g/mol. The van der Waals surface area contributed by atoms with Gasteiger partial charge in [-0.15, -0.1) is 11.3 Å². The molecule has 0 aliphatic carbocycles. The number of nitrogens with one attached hydrogen (secondary N) is 2. The van der Waals surface area contributed by atoms with Gasteiger partial charge in [-0.05, 0) is 38.2 Å². The van der Waals surface area contributed by atoms with Crippen LogP contribution in [-0.2, 0) is 11.2 Å². The third-order valence-electron chi connectivity index (χ3n) is 4.30. The Hall–Kier alpha value is -1.34. The number of rotatable bonds is 8. The smallest absolute Gasteiger partial charge is 0.260 e. The van der Waals surface area contributed by atoms with Crippen LogP contribution < -0.4 is 10.9 Å². The van der Waals surface area contributed by atoms with E-state index in [2.05, 4.69) is 36.1 Å². The zero-order valence-corrected chi connectivity index (χ0v) is 17.2. The fraction of sp³-hybridized carbons (Fsp3) is 0.611. The molecule has 0 unspecified atom stereocenters. The van der Waals surface area contributed by atoms with Crippen LogP contribution in [0, 0.1) is 12.8 Å². The van der Waals surface area contributed by atoms with Crippen LogP contribution in [0.4, 0.5) is 0 Å². The Morgan fingerprint density at radius 1 is 1.36 bits per heavy atom. The van der Waals surface area contributed by atoms with E-state index < -0.39 is 0 Å². The summed E-state index contributed by atoms with van der Waals surface area (Å²) in [6, 6.07) is 0. The molecule has 2 atom stereocenters. The summed E-state index contributed by atoms with van der Waals surface area (Å²) in [5.41, 5.74) is 1.02. The summed E-state index contributed by atoms with van der Waals surface area (Å²) in [5.74, 6) is 0.502. The lowest BCUT2D eigenvalue weighted by Crippen LogP contribution is -2.31. The summed E-state index contributed by atoms with van der Waals surface area (Å²) in [4.78, 5) is 34.0. The Kier molecular flexibility index (Phi) is 7.07. The molecule has 0 saturated heterocycles. The molecule has 0 aromatic carbocycles. The minimum atomic E-state index is -0.298. The van der Waals surface area contributed by atoms with E-state index in [-0.39, 0.29) is 16.7 Å². The van der Waals surface area contributed by atoms with E-state index in [1.165, 1.54) is 11.8 Å². The molecule has 5 nitrogen and oxygen atoms in total. The lowest BCUT2D eigenvalue weighted by atomic mass is 9.98. The predicted octanol–water partition coefficient (Wildman–Crippen LogP) is 3.89. The Bertz CT molecular complexity index is 797. The third kappa shape index (κ3) is 4.85. The molecule has 0 fully saturated rings. The van der Waals surface area contributed by atoms with Gasteiger partial charge in [0.05, 0.1) is 10.6 Å². The summed E-state index contributed by atoms with van der Waals surface area (Å²) in [6.45, 7) is 10.9. The minimum absolute atomic E-state index is 0.0329. The van der Waals surface area contributed by atoms with Crippen molar-refractivity contribution < 1.29 is 4.79 Å². The maximum absolute atomic E-state index is 12.6. The summed E-state index contributed by atoms with van der Waals surface area (Å²) >= 11 is 2.86. The summed E-state index contributed by atoms with van der Waals surface area (Å²) in [7, 11) is 0. The molecule has 0 saturated carbocycles. The van der Waals surface area contributed by atoms with Crippen molar-refractivity contribution in [1.82, 2.24) is 15.3 Å². The van der Waals surface area contributed by atoms with Gasteiger partial charge < -0.3 is 10.3 Å². The number of thiophene rings is 1. The van der Waals surface area contributed by atoms with Crippen molar-refractivity contribution in [2.75, 3.05) is 6.54 Å². The van der Waals surface area contributed by atoms with E-state index in [9.17, 15) is 9.59 Å². The van der Waals surface area contributed by atoms with E-state index in [1.54, 1.807) is 11.3 Å². The Morgan fingerprint density at radius 3 is 2.72 bits per heavy atom. The van der Waals surface area contributed by atoms with Crippen molar-refractivity contribution in [3.05, 3.63) is 20.8 Å². The van der Waals surface area contributed by atoms with Crippen LogP contribution in [0.15, 0.2) is 9.95 Å². The number of aromatic nitrogens is 2. The van der Waals surface area contributed by atoms with Gasteiger partial charge in [-0.1, -0.05) is 39.0 Å². The normalized spacial score (nSPS) is 13.8. The molecule has 0 bridgehead atoms. The molecule has 0 radical (unpaired) electrons. The van der Waals surface area contributed by atoms with Crippen LogP contribution in [-0.4, -0.2) is 27.7 Å². The standard InChI is InChI=1S/C18H27N3O2S2/c1-6-8-19-15(22)12(5)25-18-20-16(23)14-13(9-10(3)7-2)11(4)24-17(14)21-18/h10,12H,6-9H2,1-5H3,(H,19,22)(H,20,21,23)/t10-,12+/m1/s1. The molecule has 0 spiro atoms. The number of thioether (sulfide) groups is 1. The Morgan fingerprint density at radius 2 is 2.08 bits per heavy atom. The number of hydrogen-bond donors (Lipinski definition) is 2. The fourth-order valence-electron chi connectivity index (χ4n) is 2.56. The third-order valence-corrected chi connectivity index (χ3v) is 6.32. The van der Waals surface area contributed by atoms with Gasteiger partial charge in [0.1, 0.15) is 4.83 Å². The van der Waals surface area contributed by atoms with Crippen molar-refractivity contribution in [2.24, 2.45) is 5.92 Å². The van der Waals surface area contributed by atoms with E-state index in [1.807, 2.05) is 13.8 Å². The maximum Gasteiger partial charge on any atom is 0.260 e. The average Bonchev–Trinajstić information content (AvgIpc) is 2.88. The minimum Gasteiger partial charge on any atom is -0.355 e. The molecule has 2 N–H and O–H groups in total. The number of fused-ring (bicyclic) bond motifs is 1. The maximum atomic E-state index is 12.6. The molecule has 0 aliphatic heterocycles. The van der Waals surface area contributed by atoms with Gasteiger partial charge in [0.25, 0.3) is 5.56 Å². The molecule has 7 heteroatoms.